The van der Waals surface area contributed by atoms with Crippen LogP contribution in [0.25, 0.3) is 0 Å². The molecule has 0 aromatic carbocycles. The molecule has 0 spiro atoms. The van der Waals surface area contributed by atoms with Gasteiger partial charge in [0.15, 0.2) is 5.82 Å². The number of hydrogen-bond acceptors (Lipinski definition) is 6. The van der Waals surface area contributed by atoms with Crippen LogP contribution < -0.4 is 5.32 Å². The Kier molecular flexibility index (Phi) is 4.87. The standard InChI is InChI=1S/C15H26N4O2/c1-3-13(20-11-6-4-5-7-11)15-17-14(18-21-15)12-10-16-8-9-19(12)2/h11-13,16H,3-10H2,1-2H3. The van der Waals surface area contributed by atoms with E-state index in [0.29, 0.717) is 12.0 Å². The first-order valence-electron chi connectivity index (χ1n) is 8.18. The van der Waals surface area contributed by atoms with Gasteiger partial charge in [0.1, 0.15) is 6.10 Å². The second kappa shape index (κ2) is 6.85. The maximum absolute atomic E-state index is 6.15. The topological polar surface area (TPSA) is 63.4 Å². The summed E-state index contributed by atoms with van der Waals surface area (Å²) in [7, 11) is 2.11. The zero-order valence-electron chi connectivity index (χ0n) is 13.0. The highest BCUT2D eigenvalue weighted by molar-refractivity contribution is 4.99. The summed E-state index contributed by atoms with van der Waals surface area (Å²) >= 11 is 0. The van der Waals surface area contributed by atoms with Crippen LogP contribution in [0.4, 0.5) is 0 Å². The zero-order chi connectivity index (χ0) is 14.7. The molecule has 1 saturated carbocycles. The number of aromatic nitrogens is 2. The number of piperazine rings is 1. The molecule has 1 aromatic rings. The van der Waals surface area contributed by atoms with Gasteiger partial charge in [0.25, 0.3) is 5.89 Å². The molecule has 1 aliphatic carbocycles. The SMILES string of the molecule is CCC(OC1CCCC1)c1nc(C2CNCCN2C)no1. The van der Waals surface area contributed by atoms with Gasteiger partial charge in [0, 0.05) is 19.6 Å². The first kappa shape index (κ1) is 14.9. The van der Waals surface area contributed by atoms with Crippen molar-refractivity contribution in [3.05, 3.63) is 11.7 Å². The summed E-state index contributed by atoms with van der Waals surface area (Å²) in [6.07, 6.45) is 6.04. The van der Waals surface area contributed by atoms with Gasteiger partial charge in [-0.05, 0) is 26.3 Å². The quantitative estimate of drug-likeness (QED) is 0.897. The van der Waals surface area contributed by atoms with E-state index in [-0.39, 0.29) is 12.1 Å². The highest BCUT2D eigenvalue weighted by Gasteiger charge is 2.28. The van der Waals surface area contributed by atoms with Gasteiger partial charge >= 0.3 is 0 Å². The van der Waals surface area contributed by atoms with E-state index in [2.05, 4.69) is 34.3 Å². The van der Waals surface area contributed by atoms with Crippen molar-refractivity contribution >= 4 is 0 Å². The van der Waals surface area contributed by atoms with E-state index in [9.17, 15) is 0 Å². The minimum absolute atomic E-state index is 0.0591. The fourth-order valence-electron chi connectivity index (χ4n) is 3.19. The Balaban J connectivity index is 1.67. The second-order valence-electron chi connectivity index (χ2n) is 6.13. The summed E-state index contributed by atoms with van der Waals surface area (Å²) in [4.78, 5) is 6.88. The molecular formula is C15H26N4O2. The van der Waals surface area contributed by atoms with Crippen molar-refractivity contribution in [2.24, 2.45) is 0 Å². The van der Waals surface area contributed by atoms with E-state index in [1.165, 1.54) is 12.8 Å². The summed E-state index contributed by atoms with van der Waals surface area (Å²) in [5.74, 6) is 1.41. The Morgan fingerprint density at radius 3 is 2.95 bits per heavy atom. The molecule has 118 valence electrons. The van der Waals surface area contributed by atoms with E-state index < -0.39 is 0 Å². The van der Waals surface area contributed by atoms with Crippen LogP contribution in [0.2, 0.25) is 0 Å². The van der Waals surface area contributed by atoms with Crippen molar-refractivity contribution in [1.82, 2.24) is 20.4 Å². The Morgan fingerprint density at radius 1 is 1.43 bits per heavy atom. The lowest BCUT2D eigenvalue weighted by Gasteiger charge is -2.30. The third kappa shape index (κ3) is 3.44. The van der Waals surface area contributed by atoms with E-state index >= 15 is 0 Å². The van der Waals surface area contributed by atoms with Crippen LogP contribution in [0.15, 0.2) is 4.52 Å². The molecule has 1 N–H and O–H groups in total. The molecule has 1 aliphatic heterocycles. The first-order valence-corrected chi connectivity index (χ1v) is 8.18. The fraction of sp³-hybridized carbons (Fsp3) is 0.867. The van der Waals surface area contributed by atoms with Crippen molar-refractivity contribution in [3.63, 3.8) is 0 Å². The monoisotopic (exact) mass is 294 g/mol. The molecule has 21 heavy (non-hydrogen) atoms. The maximum Gasteiger partial charge on any atom is 0.255 e. The number of likely N-dealkylation sites (N-methyl/N-ethyl adjacent to an activating group) is 1. The molecule has 0 radical (unpaired) electrons. The normalized spacial score (nSPS) is 26.3. The van der Waals surface area contributed by atoms with Crippen LogP contribution in [0.5, 0.6) is 0 Å². The van der Waals surface area contributed by atoms with E-state index in [4.69, 9.17) is 9.26 Å². The van der Waals surface area contributed by atoms with Crippen molar-refractivity contribution in [2.45, 2.75) is 57.3 Å². The zero-order valence-corrected chi connectivity index (χ0v) is 13.0. The molecule has 1 aromatic heterocycles. The first-order chi connectivity index (χ1) is 10.3. The van der Waals surface area contributed by atoms with Crippen LogP contribution in [0, 0.1) is 0 Å². The predicted octanol–water partition coefficient (Wildman–Crippen LogP) is 2.06. The molecule has 6 heteroatoms. The molecule has 1 saturated heterocycles. The van der Waals surface area contributed by atoms with Crippen molar-refractivity contribution in [1.29, 1.82) is 0 Å². The Hall–Kier alpha value is -0.980. The molecule has 2 heterocycles. The van der Waals surface area contributed by atoms with Gasteiger partial charge in [-0.15, -0.1) is 0 Å². The van der Waals surface area contributed by atoms with Crippen LogP contribution in [-0.2, 0) is 4.74 Å². The van der Waals surface area contributed by atoms with Gasteiger partial charge in [-0.2, -0.15) is 4.98 Å². The summed E-state index contributed by atoms with van der Waals surface area (Å²) in [6, 6.07) is 0.195. The van der Waals surface area contributed by atoms with Gasteiger partial charge in [-0.3, -0.25) is 4.90 Å². The third-order valence-corrected chi connectivity index (χ3v) is 4.57. The fourth-order valence-corrected chi connectivity index (χ4v) is 3.19. The lowest BCUT2D eigenvalue weighted by molar-refractivity contribution is -0.0275. The molecule has 2 unspecified atom stereocenters. The molecule has 0 amide bonds. The number of nitrogens with one attached hydrogen (secondary N) is 1. The van der Waals surface area contributed by atoms with E-state index in [1.54, 1.807) is 0 Å². The minimum Gasteiger partial charge on any atom is -0.365 e. The summed E-state index contributed by atoms with van der Waals surface area (Å²) in [6.45, 7) is 5.00. The molecule has 2 fully saturated rings. The van der Waals surface area contributed by atoms with Gasteiger partial charge in [-0.25, -0.2) is 0 Å². The highest BCUT2D eigenvalue weighted by Crippen LogP contribution is 2.29. The Bertz CT molecular complexity index is 445. The second-order valence-corrected chi connectivity index (χ2v) is 6.13. The lowest BCUT2D eigenvalue weighted by atomic mass is 10.2. The number of hydrogen-bond donors (Lipinski definition) is 1. The molecule has 6 nitrogen and oxygen atoms in total. The van der Waals surface area contributed by atoms with Crippen molar-refractivity contribution in [2.75, 3.05) is 26.7 Å². The summed E-state index contributed by atoms with van der Waals surface area (Å²) in [5, 5.41) is 7.57. The average molecular weight is 294 g/mol. The van der Waals surface area contributed by atoms with Gasteiger partial charge in [-0.1, -0.05) is 24.9 Å². The Morgan fingerprint density at radius 2 is 2.24 bits per heavy atom. The molecule has 2 atom stereocenters. The van der Waals surface area contributed by atoms with E-state index in [1.807, 2.05) is 0 Å². The predicted molar refractivity (Wildman–Crippen MR) is 78.9 cm³/mol. The highest BCUT2D eigenvalue weighted by atomic mass is 16.5. The molecule has 3 rings (SSSR count). The van der Waals surface area contributed by atoms with Crippen molar-refractivity contribution < 1.29 is 9.26 Å². The smallest absolute Gasteiger partial charge is 0.255 e. The number of ether oxygens (including phenoxy) is 1. The Labute approximate surface area is 126 Å². The van der Waals surface area contributed by atoms with Crippen molar-refractivity contribution in [3.8, 4) is 0 Å². The van der Waals surface area contributed by atoms with Crippen LogP contribution in [0.1, 0.15) is 62.9 Å². The van der Waals surface area contributed by atoms with Crippen LogP contribution >= 0.6 is 0 Å². The largest absolute Gasteiger partial charge is 0.365 e. The van der Waals surface area contributed by atoms with Gasteiger partial charge < -0.3 is 14.6 Å². The van der Waals surface area contributed by atoms with Crippen LogP contribution in [-0.4, -0.2) is 47.8 Å². The molecule has 0 bridgehead atoms. The number of nitrogens with zero attached hydrogens (tertiary/aromatic N) is 3. The molecule has 2 aliphatic rings. The van der Waals surface area contributed by atoms with Crippen LogP contribution in [0.3, 0.4) is 0 Å². The minimum atomic E-state index is -0.0591. The number of rotatable bonds is 5. The van der Waals surface area contributed by atoms with Gasteiger partial charge in [0.05, 0.1) is 12.1 Å². The maximum atomic E-state index is 6.15. The van der Waals surface area contributed by atoms with E-state index in [0.717, 1.165) is 44.7 Å². The van der Waals surface area contributed by atoms with Gasteiger partial charge in [0.2, 0.25) is 0 Å². The average Bonchev–Trinajstić information content (AvgIpc) is 3.17. The summed E-state index contributed by atoms with van der Waals surface area (Å²) < 4.78 is 11.6. The lowest BCUT2D eigenvalue weighted by Crippen LogP contribution is -2.44. The molecular weight excluding hydrogens is 268 g/mol. The third-order valence-electron chi connectivity index (χ3n) is 4.57. The summed E-state index contributed by atoms with van der Waals surface area (Å²) in [5.41, 5.74) is 0.